The van der Waals surface area contributed by atoms with Gasteiger partial charge in [0.15, 0.2) is 15.0 Å². The van der Waals surface area contributed by atoms with Crippen LogP contribution >= 0.6 is 11.3 Å². The van der Waals surface area contributed by atoms with Gasteiger partial charge in [-0.05, 0) is 55.2 Å². The van der Waals surface area contributed by atoms with E-state index in [1.807, 2.05) is 12.1 Å². The van der Waals surface area contributed by atoms with Gasteiger partial charge in [-0.15, -0.1) is 0 Å². The lowest BCUT2D eigenvalue weighted by Crippen LogP contribution is -2.37. The first-order valence-electron chi connectivity index (χ1n) is 9.98. The third kappa shape index (κ3) is 4.40. The molecule has 0 bridgehead atoms. The van der Waals surface area contributed by atoms with E-state index in [4.69, 9.17) is 9.72 Å². The number of benzene rings is 2. The van der Waals surface area contributed by atoms with E-state index in [1.54, 1.807) is 17.0 Å². The van der Waals surface area contributed by atoms with Crippen molar-refractivity contribution in [2.24, 2.45) is 0 Å². The van der Waals surface area contributed by atoms with Gasteiger partial charge in [-0.1, -0.05) is 30.4 Å². The first kappa shape index (κ1) is 21.0. The standard InChI is InChI=1S/C22H24N2O4S2/c1-3-15-9-10-19-20(12-15)29-22(23-19)24(14-17-7-5-11-28-17)21(25)16-6-4-8-18(13-16)30(2,26)27/h4,6,8-10,12-13,17H,3,5,7,11,14H2,1-2H3. The highest BCUT2D eigenvalue weighted by Crippen LogP contribution is 2.32. The molecule has 6 nitrogen and oxygen atoms in total. The predicted molar refractivity (Wildman–Crippen MR) is 119 cm³/mol. The minimum absolute atomic E-state index is 0.0507. The molecule has 0 saturated carbocycles. The van der Waals surface area contributed by atoms with Crippen molar-refractivity contribution < 1.29 is 17.9 Å². The topological polar surface area (TPSA) is 76.6 Å². The molecule has 1 fully saturated rings. The summed E-state index contributed by atoms with van der Waals surface area (Å²) in [5, 5.41) is 0.600. The molecule has 0 N–H and O–H groups in total. The SMILES string of the molecule is CCc1ccc2nc(N(CC3CCCO3)C(=O)c3cccc(S(C)(=O)=O)c3)sc2c1. The summed E-state index contributed by atoms with van der Waals surface area (Å²) in [6, 6.07) is 12.3. The monoisotopic (exact) mass is 444 g/mol. The Labute approximate surface area is 180 Å². The number of amides is 1. The summed E-state index contributed by atoms with van der Waals surface area (Å²) in [6.45, 7) is 3.18. The van der Waals surface area contributed by atoms with Gasteiger partial charge in [0.25, 0.3) is 5.91 Å². The van der Waals surface area contributed by atoms with Gasteiger partial charge in [0.1, 0.15) is 0 Å². The maximum absolute atomic E-state index is 13.5. The first-order chi connectivity index (χ1) is 14.3. The van der Waals surface area contributed by atoms with E-state index in [2.05, 4.69) is 13.0 Å². The van der Waals surface area contributed by atoms with E-state index in [0.29, 0.717) is 23.8 Å². The van der Waals surface area contributed by atoms with Gasteiger partial charge >= 0.3 is 0 Å². The molecule has 1 saturated heterocycles. The van der Waals surface area contributed by atoms with Crippen LogP contribution in [0.3, 0.4) is 0 Å². The Morgan fingerprint density at radius 2 is 2.10 bits per heavy atom. The summed E-state index contributed by atoms with van der Waals surface area (Å²) in [4.78, 5) is 19.9. The lowest BCUT2D eigenvalue weighted by Gasteiger charge is -2.23. The lowest BCUT2D eigenvalue weighted by atomic mass is 10.1. The molecule has 1 unspecified atom stereocenters. The second-order valence-electron chi connectivity index (χ2n) is 7.50. The molecule has 2 heterocycles. The lowest BCUT2D eigenvalue weighted by molar-refractivity contribution is 0.0917. The van der Waals surface area contributed by atoms with Gasteiger partial charge in [0.2, 0.25) is 0 Å². The van der Waals surface area contributed by atoms with Gasteiger partial charge < -0.3 is 4.74 Å². The van der Waals surface area contributed by atoms with Crippen LogP contribution in [0.5, 0.6) is 0 Å². The predicted octanol–water partition coefficient (Wildman–Crippen LogP) is 4.09. The molecule has 1 amide bonds. The molecule has 1 aliphatic rings. The summed E-state index contributed by atoms with van der Waals surface area (Å²) < 4.78 is 30.7. The minimum atomic E-state index is -3.41. The fraction of sp³-hybridized carbons (Fsp3) is 0.364. The molecule has 1 aromatic heterocycles. The Morgan fingerprint density at radius 1 is 1.27 bits per heavy atom. The second kappa shape index (κ2) is 8.45. The maximum atomic E-state index is 13.5. The molecule has 3 aromatic rings. The Kier molecular flexibility index (Phi) is 5.90. The van der Waals surface area contributed by atoms with E-state index < -0.39 is 9.84 Å². The second-order valence-corrected chi connectivity index (χ2v) is 10.5. The summed E-state index contributed by atoms with van der Waals surface area (Å²) in [5.74, 6) is -0.272. The number of nitrogens with zero attached hydrogens (tertiary/aromatic N) is 2. The highest BCUT2D eigenvalue weighted by atomic mass is 32.2. The van der Waals surface area contributed by atoms with Crippen LogP contribution in [-0.2, 0) is 21.0 Å². The van der Waals surface area contributed by atoms with Crippen LogP contribution in [0.4, 0.5) is 5.13 Å². The van der Waals surface area contributed by atoms with Gasteiger partial charge in [-0.25, -0.2) is 13.4 Å². The summed E-state index contributed by atoms with van der Waals surface area (Å²) in [7, 11) is -3.41. The van der Waals surface area contributed by atoms with Crippen molar-refractivity contribution in [1.82, 2.24) is 4.98 Å². The first-order valence-corrected chi connectivity index (χ1v) is 12.7. The van der Waals surface area contributed by atoms with Gasteiger partial charge in [-0.2, -0.15) is 0 Å². The molecule has 1 aliphatic heterocycles. The van der Waals surface area contributed by atoms with Crippen molar-refractivity contribution in [1.29, 1.82) is 0 Å². The maximum Gasteiger partial charge on any atom is 0.260 e. The highest BCUT2D eigenvalue weighted by molar-refractivity contribution is 7.90. The van der Waals surface area contributed by atoms with Gasteiger partial charge in [0.05, 0.1) is 27.8 Å². The number of rotatable bonds is 6. The number of aromatic nitrogens is 1. The summed E-state index contributed by atoms with van der Waals surface area (Å²) >= 11 is 1.47. The Morgan fingerprint density at radius 3 is 2.80 bits per heavy atom. The molecule has 2 aromatic carbocycles. The van der Waals surface area contributed by atoms with Crippen LogP contribution in [-0.4, -0.2) is 44.8 Å². The molecule has 0 radical (unpaired) electrons. The average Bonchev–Trinajstić information content (AvgIpc) is 3.39. The quantitative estimate of drug-likeness (QED) is 0.572. The third-order valence-electron chi connectivity index (χ3n) is 5.25. The Hall–Kier alpha value is -2.29. The van der Waals surface area contributed by atoms with Gasteiger partial charge in [-0.3, -0.25) is 9.69 Å². The minimum Gasteiger partial charge on any atom is -0.376 e. The van der Waals surface area contributed by atoms with E-state index in [-0.39, 0.29) is 16.9 Å². The molecule has 0 aliphatic carbocycles. The van der Waals surface area contributed by atoms with E-state index >= 15 is 0 Å². The average molecular weight is 445 g/mol. The molecular weight excluding hydrogens is 420 g/mol. The van der Waals surface area contributed by atoms with Crippen LogP contribution in [0.25, 0.3) is 10.2 Å². The number of carbonyl (C=O) groups is 1. The van der Waals surface area contributed by atoms with Crippen molar-refractivity contribution in [2.75, 3.05) is 24.3 Å². The van der Waals surface area contributed by atoms with Crippen LogP contribution < -0.4 is 4.90 Å². The van der Waals surface area contributed by atoms with E-state index in [9.17, 15) is 13.2 Å². The number of anilines is 1. The molecule has 158 valence electrons. The fourth-order valence-corrected chi connectivity index (χ4v) is 5.25. The van der Waals surface area contributed by atoms with Crippen LogP contribution in [0.2, 0.25) is 0 Å². The Balaban J connectivity index is 1.73. The van der Waals surface area contributed by atoms with Gasteiger partial charge in [0, 0.05) is 18.4 Å². The molecule has 1 atom stereocenters. The fourth-order valence-electron chi connectivity index (χ4n) is 3.55. The molecule has 0 spiro atoms. The normalized spacial score (nSPS) is 16.8. The smallest absolute Gasteiger partial charge is 0.260 e. The highest BCUT2D eigenvalue weighted by Gasteiger charge is 2.27. The van der Waals surface area contributed by atoms with Crippen LogP contribution in [0.1, 0.15) is 35.7 Å². The number of hydrogen-bond donors (Lipinski definition) is 0. The zero-order chi connectivity index (χ0) is 21.3. The van der Waals surface area contributed by atoms with Crippen LogP contribution in [0.15, 0.2) is 47.4 Å². The van der Waals surface area contributed by atoms with Crippen molar-refractivity contribution in [2.45, 2.75) is 37.2 Å². The summed E-state index contributed by atoms with van der Waals surface area (Å²) in [5.41, 5.74) is 2.39. The van der Waals surface area contributed by atoms with Crippen molar-refractivity contribution in [3.63, 3.8) is 0 Å². The number of aryl methyl sites for hydroxylation is 1. The molecule has 4 rings (SSSR count). The largest absolute Gasteiger partial charge is 0.376 e. The number of hydrogen-bond acceptors (Lipinski definition) is 6. The van der Waals surface area contributed by atoms with Crippen molar-refractivity contribution in [3.05, 3.63) is 53.6 Å². The van der Waals surface area contributed by atoms with E-state index in [1.165, 1.54) is 29.0 Å². The number of sulfone groups is 1. The molecular formula is C22H24N2O4S2. The van der Waals surface area contributed by atoms with Crippen LogP contribution in [0, 0.1) is 0 Å². The van der Waals surface area contributed by atoms with E-state index in [0.717, 1.165) is 35.7 Å². The zero-order valence-electron chi connectivity index (χ0n) is 17.0. The third-order valence-corrected chi connectivity index (χ3v) is 7.40. The number of carbonyl (C=O) groups excluding carboxylic acids is 1. The number of ether oxygens (including phenoxy) is 1. The molecule has 8 heteroatoms. The number of fused-ring (bicyclic) bond motifs is 1. The van der Waals surface area contributed by atoms with Crippen molar-refractivity contribution >= 4 is 42.4 Å². The zero-order valence-corrected chi connectivity index (χ0v) is 18.6. The summed E-state index contributed by atoms with van der Waals surface area (Å²) in [6.07, 6.45) is 3.87. The number of thiazole rings is 1. The van der Waals surface area contributed by atoms with Crippen molar-refractivity contribution in [3.8, 4) is 0 Å². The Bertz CT molecular complexity index is 1180. The molecule has 30 heavy (non-hydrogen) atoms.